The quantitative estimate of drug-likeness (QED) is 0.530. The third-order valence-electron chi connectivity index (χ3n) is 3.73. The normalized spacial score (nSPS) is 19.7. The van der Waals surface area contributed by atoms with Crippen molar-refractivity contribution in [3.05, 3.63) is 18.3 Å². The second kappa shape index (κ2) is 4.73. The number of hydrogen-bond donors (Lipinski definition) is 3. The SMILES string of the molecule is NNc1cccnc1S(=O)(=O)NC(C1CC1)C1CC1. The van der Waals surface area contributed by atoms with Crippen molar-refractivity contribution < 1.29 is 8.42 Å². The highest BCUT2D eigenvalue weighted by molar-refractivity contribution is 7.89. The Kier molecular flexibility index (Phi) is 3.20. The molecule has 0 aromatic carbocycles. The summed E-state index contributed by atoms with van der Waals surface area (Å²) in [5.41, 5.74) is 2.70. The molecule has 104 valence electrons. The average Bonchev–Trinajstić information content (AvgIpc) is 3.29. The summed E-state index contributed by atoms with van der Waals surface area (Å²) in [5, 5.41) is -0.0243. The molecule has 6 nitrogen and oxygen atoms in total. The van der Waals surface area contributed by atoms with Gasteiger partial charge >= 0.3 is 0 Å². The van der Waals surface area contributed by atoms with Crippen LogP contribution in [0.25, 0.3) is 0 Å². The monoisotopic (exact) mass is 282 g/mol. The highest BCUT2D eigenvalue weighted by atomic mass is 32.2. The first-order valence-electron chi connectivity index (χ1n) is 6.56. The molecule has 0 unspecified atom stereocenters. The minimum absolute atomic E-state index is 0.0243. The van der Waals surface area contributed by atoms with Crippen LogP contribution in [0, 0.1) is 11.8 Å². The van der Waals surface area contributed by atoms with Gasteiger partial charge in [-0.2, -0.15) is 0 Å². The van der Waals surface area contributed by atoms with Crippen LogP contribution >= 0.6 is 0 Å². The summed E-state index contributed by atoms with van der Waals surface area (Å²) in [7, 11) is -3.62. The smallest absolute Gasteiger partial charge is 0.260 e. The molecule has 0 spiro atoms. The number of aromatic nitrogens is 1. The molecule has 2 fully saturated rings. The molecule has 0 amide bonds. The van der Waals surface area contributed by atoms with Gasteiger partial charge in [0.15, 0.2) is 5.03 Å². The molecule has 1 heterocycles. The van der Waals surface area contributed by atoms with Crippen molar-refractivity contribution >= 4 is 15.7 Å². The summed E-state index contributed by atoms with van der Waals surface area (Å²) in [6, 6.07) is 3.32. The Hall–Kier alpha value is -1.18. The molecule has 19 heavy (non-hydrogen) atoms. The van der Waals surface area contributed by atoms with Crippen LogP contribution in [0.4, 0.5) is 5.69 Å². The zero-order valence-electron chi connectivity index (χ0n) is 10.5. The van der Waals surface area contributed by atoms with Crippen LogP contribution in [0.3, 0.4) is 0 Å². The molecule has 1 aromatic rings. The molecule has 0 aliphatic heterocycles. The van der Waals surface area contributed by atoms with Gasteiger partial charge in [0, 0.05) is 12.2 Å². The predicted octanol–water partition coefficient (Wildman–Crippen LogP) is 0.834. The highest BCUT2D eigenvalue weighted by Gasteiger charge is 2.43. The van der Waals surface area contributed by atoms with Crippen LogP contribution < -0.4 is 16.0 Å². The molecule has 2 aliphatic rings. The minimum atomic E-state index is -3.62. The van der Waals surface area contributed by atoms with E-state index in [1.807, 2.05) is 0 Å². The van der Waals surface area contributed by atoms with Crippen molar-refractivity contribution in [1.82, 2.24) is 9.71 Å². The third-order valence-corrected chi connectivity index (χ3v) is 5.15. The van der Waals surface area contributed by atoms with Crippen molar-refractivity contribution in [1.29, 1.82) is 0 Å². The number of hydrogen-bond acceptors (Lipinski definition) is 5. The number of rotatable bonds is 6. The van der Waals surface area contributed by atoms with E-state index < -0.39 is 10.0 Å². The number of hydrazine groups is 1. The lowest BCUT2D eigenvalue weighted by atomic mass is 10.1. The molecule has 1 aromatic heterocycles. The van der Waals surface area contributed by atoms with Gasteiger partial charge in [-0.3, -0.25) is 5.84 Å². The van der Waals surface area contributed by atoms with Gasteiger partial charge < -0.3 is 5.43 Å². The molecule has 2 aliphatic carbocycles. The van der Waals surface area contributed by atoms with Crippen LogP contribution in [0.1, 0.15) is 25.7 Å². The van der Waals surface area contributed by atoms with Crippen molar-refractivity contribution in [2.75, 3.05) is 5.43 Å². The van der Waals surface area contributed by atoms with Crippen LogP contribution in [0.2, 0.25) is 0 Å². The molecular weight excluding hydrogens is 264 g/mol. The summed E-state index contributed by atoms with van der Waals surface area (Å²) in [6.45, 7) is 0. The van der Waals surface area contributed by atoms with E-state index in [4.69, 9.17) is 5.84 Å². The van der Waals surface area contributed by atoms with Gasteiger partial charge in [-0.15, -0.1) is 0 Å². The first-order valence-corrected chi connectivity index (χ1v) is 8.04. The van der Waals surface area contributed by atoms with Crippen LogP contribution in [-0.2, 0) is 10.0 Å². The van der Waals surface area contributed by atoms with E-state index in [1.165, 1.54) is 6.20 Å². The Bertz CT molecular complexity index is 555. The molecule has 4 N–H and O–H groups in total. The van der Waals surface area contributed by atoms with E-state index in [9.17, 15) is 8.42 Å². The van der Waals surface area contributed by atoms with Crippen LogP contribution in [0.5, 0.6) is 0 Å². The lowest BCUT2D eigenvalue weighted by Gasteiger charge is -2.18. The second-order valence-electron chi connectivity index (χ2n) is 5.32. The summed E-state index contributed by atoms with van der Waals surface area (Å²) in [5.74, 6) is 6.34. The zero-order chi connectivity index (χ0) is 13.5. The van der Waals surface area contributed by atoms with Crippen LogP contribution in [0.15, 0.2) is 23.4 Å². The fourth-order valence-corrected chi connectivity index (χ4v) is 3.91. The number of nitrogens with one attached hydrogen (secondary N) is 2. The lowest BCUT2D eigenvalue weighted by molar-refractivity contribution is 0.470. The topological polar surface area (TPSA) is 97.1 Å². The van der Waals surface area contributed by atoms with E-state index in [0.717, 1.165) is 25.7 Å². The number of nitrogens with two attached hydrogens (primary N) is 1. The summed E-state index contributed by atoms with van der Waals surface area (Å²) < 4.78 is 27.7. The Morgan fingerprint density at radius 2 is 1.89 bits per heavy atom. The van der Waals surface area contributed by atoms with Crippen molar-refractivity contribution in [2.24, 2.45) is 17.7 Å². The first kappa shape index (κ1) is 12.8. The lowest BCUT2D eigenvalue weighted by Crippen LogP contribution is -2.38. The number of sulfonamides is 1. The maximum atomic E-state index is 12.4. The van der Waals surface area contributed by atoms with Crippen molar-refractivity contribution in [3.8, 4) is 0 Å². The van der Waals surface area contributed by atoms with E-state index in [1.54, 1.807) is 12.1 Å². The minimum Gasteiger partial charge on any atom is -0.321 e. The van der Waals surface area contributed by atoms with E-state index in [-0.39, 0.29) is 11.1 Å². The summed E-state index contributed by atoms with van der Waals surface area (Å²) in [6.07, 6.45) is 5.93. The number of pyridine rings is 1. The van der Waals surface area contributed by atoms with Gasteiger partial charge in [0.1, 0.15) is 0 Å². The molecule has 0 radical (unpaired) electrons. The van der Waals surface area contributed by atoms with Gasteiger partial charge in [0.05, 0.1) is 5.69 Å². The van der Waals surface area contributed by atoms with E-state index in [0.29, 0.717) is 17.5 Å². The number of nitrogens with zero attached hydrogens (tertiary/aromatic N) is 1. The van der Waals surface area contributed by atoms with Gasteiger partial charge in [0.2, 0.25) is 0 Å². The fraction of sp³-hybridized carbons (Fsp3) is 0.583. The second-order valence-corrected chi connectivity index (χ2v) is 6.95. The molecule has 7 heteroatoms. The molecule has 3 rings (SSSR count). The van der Waals surface area contributed by atoms with Gasteiger partial charge in [-0.1, -0.05) is 0 Å². The Morgan fingerprint density at radius 1 is 1.26 bits per heavy atom. The van der Waals surface area contributed by atoms with Crippen LogP contribution in [-0.4, -0.2) is 19.4 Å². The Balaban J connectivity index is 1.85. The average molecular weight is 282 g/mol. The third kappa shape index (κ3) is 2.72. The van der Waals surface area contributed by atoms with Gasteiger partial charge in [0.25, 0.3) is 10.0 Å². The highest BCUT2D eigenvalue weighted by Crippen LogP contribution is 2.45. The fourth-order valence-electron chi connectivity index (χ4n) is 2.44. The molecule has 0 bridgehead atoms. The van der Waals surface area contributed by atoms with Gasteiger partial charge in [-0.05, 0) is 49.7 Å². The largest absolute Gasteiger partial charge is 0.321 e. The summed E-state index contributed by atoms with van der Waals surface area (Å²) >= 11 is 0. The zero-order valence-corrected chi connectivity index (χ0v) is 11.4. The van der Waals surface area contributed by atoms with Crippen molar-refractivity contribution in [2.45, 2.75) is 36.8 Å². The number of anilines is 1. The number of nitrogen functional groups attached to an aromatic ring is 1. The first-order chi connectivity index (χ1) is 9.12. The molecule has 0 saturated heterocycles. The molecule has 0 atom stereocenters. The molecular formula is C12H18N4O2S. The standard InChI is InChI=1S/C12H18N4O2S/c13-15-10-2-1-7-14-12(10)19(17,18)16-11(8-3-4-8)9-5-6-9/h1-2,7-9,11,15-16H,3-6,13H2. The maximum absolute atomic E-state index is 12.4. The summed E-state index contributed by atoms with van der Waals surface area (Å²) in [4.78, 5) is 3.94. The van der Waals surface area contributed by atoms with E-state index in [2.05, 4.69) is 15.1 Å². The maximum Gasteiger partial charge on any atom is 0.260 e. The Labute approximate surface area is 112 Å². The molecule has 2 saturated carbocycles. The van der Waals surface area contributed by atoms with Crippen molar-refractivity contribution in [3.63, 3.8) is 0 Å². The predicted molar refractivity (Wildman–Crippen MR) is 71.6 cm³/mol. The van der Waals surface area contributed by atoms with Gasteiger partial charge in [-0.25, -0.2) is 18.1 Å². The van der Waals surface area contributed by atoms with E-state index >= 15 is 0 Å². The Morgan fingerprint density at radius 3 is 2.42 bits per heavy atom.